The first-order valence-electron chi connectivity index (χ1n) is 5.84. The van der Waals surface area contributed by atoms with Crippen molar-refractivity contribution in [2.24, 2.45) is 0 Å². The highest BCUT2D eigenvalue weighted by molar-refractivity contribution is 7.15. The lowest BCUT2D eigenvalue weighted by atomic mass is 10.4. The number of aromatic nitrogens is 2. The van der Waals surface area contributed by atoms with Gasteiger partial charge < -0.3 is 9.73 Å². The second-order valence-corrected chi connectivity index (χ2v) is 5.32. The molecule has 0 aliphatic rings. The Kier molecular flexibility index (Phi) is 3.91. The Labute approximate surface area is 105 Å². The van der Waals surface area contributed by atoms with Crippen molar-refractivity contribution in [3.8, 4) is 10.8 Å². The first-order chi connectivity index (χ1) is 8.19. The predicted molar refractivity (Wildman–Crippen MR) is 69.0 cm³/mol. The van der Waals surface area contributed by atoms with Crippen LogP contribution in [0, 0.1) is 0 Å². The average molecular weight is 251 g/mol. The van der Waals surface area contributed by atoms with Gasteiger partial charge in [0.1, 0.15) is 0 Å². The van der Waals surface area contributed by atoms with E-state index in [1.165, 1.54) is 4.88 Å². The summed E-state index contributed by atoms with van der Waals surface area (Å²) in [6.45, 7) is 6.94. The van der Waals surface area contributed by atoms with Gasteiger partial charge in [0, 0.05) is 10.9 Å². The molecular weight excluding hydrogens is 234 g/mol. The highest BCUT2D eigenvalue weighted by Gasteiger charge is 2.10. The lowest BCUT2D eigenvalue weighted by Gasteiger charge is -2.03. The molecule has 2 aromatic rings. The summed E-state index contributed by atoms with van der Waals surface area (Å²) >= 11 is 1.71. The third kappa shape index (κ3) is 3.14. The molecule has 1 N–H and O–H groups in total. The monoisotopic (exact) mass is 251 g/mol. The Morgan fingerprint density at radius 1 is 1.35 bits per heavy atom. The van der Waals surface area contributed by atoms with Crippen molar-refractivity contribution in [1.29, 1.82) is 0 Å². The molecule has 4 nitrogen and oxygen atoms in total. The van der Waals surface area contributed by atoms with Crippen LogP contribution < -0.4 is 5.32 Å². The first kappa shape index (κ1) is 12.3. The van der Waals surface area contributed by atoms with Crippen LogP contribution in [0.2, 0.25) is 0 Å². The summed E-state index contributed by atoms with van der Waals surface area (Å²) in [7, 11) is 0. The van der Waals surface area contributed by atoms with Crippen molar-refractivity contribution in [2.45, 2.75) is 39.8 Å². The summed E-state index contributed by atoms with van der Waals surface area (Å²) in [5.41, 5.74) is 0. The maximum Gasteiger partial charge on any atom is 0.257 e. The van der Waals surface area contributed by atoms with Gasteiger partial charge in [-0.25, -0.2) is 0 Å². The second kappa shape index (κ2) is 5.42. The summed E-state index contributed by atoms with van der Waals surface area (Å²) < 4.78 is 5.60. The second-order valence-electron chi connectivity index (χ2n) is 4.16. The molecule has 0 atom stereocenters. The molecule has 0 aromatic carbocycles. The number of hydrogen-bond donors (Lipinski definition) is 1. The van der Waals surface area contributed by atoms with E-state index in [1.807, 2.05) is 6.07 Å². The van der Waals surface area contributed by atoms with Crippen molar-refractivity contribution in [3.05, 3.63) is 22.9 Å². The third-order valence-corrected chi connectivity index (χ3v) is 3.57. The van der Waals surface area contributed by atoms with Gasteiger partial charge in [-0.15, -0.1) is 21.5 Å². The van der Waals surface area contributed by atoms with Crippen LogP contribution >= 0.6 is 11.3 Å². The van der Waals surface area contributed by atoms with Gasteiger partial charge in [0.05, 0.1) is 11.4 Å². The van der Waals surface area contributed by atoms with Crippen LogP contribution in [0.5, 0.6) is 0 Å². The number of nitrogens with zero attached hydrogens (tertiary/aromatic N) is 2. The number of nitrogens with one attached hydrogen (secondary N) is 1. The number of thiophene rings is 1. The molecule has 2 heterocycles. The quantitative estimate of drug-likeness (QED) is 0.887. The number of hydrogen-bond acceptors (Lipinski definition) is 5. The maximum absolute atomic E-state index is 5.60. The van der Waals surface area contributed by atoms with Crippen molar-refractivity contribution < 1.29 is 4.42 Å². The first-order valence-corrected chi connectivity index (χ1v) is 6.65. The molecule has 0 aliphatic heterocycles. The lowest BCUT2D eigenvalue weighted by Crippen LogP contribution is -2.21. The zero-order valence-corrected chi connectivity index (χ0v) is 11.2. The Morgan fingerprint density at radius 2 is 2.18 bits per heavy atom. The largest absolute Gasteiger partial charge is 0.419 e. The van der Waals surface area contributed by atoms with Gasteiger partial charge in [0.25, 0.3) is 5.89 Å². The molecular formula is C12H17N3OS. The molecule has 2 aromatic heterocycles. The summed E-state index contributed by atoms with van der Waals surface area (Å²) in [6, 6.07) is 4.56. The van der Waals surface area contributed by atoms with Gasteiger partial charge in [0.15, 0.2) is 0 Å². The molecule has 0 spiro atoms. The molecule has 0 saturated carbocycles. The molecule has 0 bridgehead atoms. The molecule has 92 valence electrons. The molecule has 0 radical (unpaired) electrons. The van der Waals surface area contributed by atoms with Crippen LogP contribution in [-0.2, 0) is 13.0 Å². The van der Waals surface area contributed by atoms with Crippen molar-refractivity contribution >= 4 is 11.3 Å². The lowest BCUT2D eigenvalue weighted by molar-refractivity contribution is 0.459. The van der Waals surface area contributed by atoms with E-state index in [0.29, 0.717) is 24.4 Å². The van der Waals surface area contributed by atoms with Crippen molar-refractivity contribution in [1.82, 2.24) is 15.5 Å². The molecule has 0 fully saturated rings. The van der Waals surface area contributed by atoms with E-state index in [4.69, 9.17) is 4.42 Å². The minimum atomic E-state index is 0.416. The summed E-state index contributed by atoms with van der Waals surface area (Å²) in [5, 5.41) is 11.3. The van der Waals surface area contributed by atoms with E-state index in [9.17, 15) is 0 Å². The van der Waals surface area contributed by atoms with E-state index in [-0.39, 0.29) is 0 Å². The SMILES string of the molecule is CCc1ccc(-c2nnc(CNC(C)C)o2)s1. The van der Waals surface area contributed by atoms with Crippen LogP contribution in [0.4, 0.5) is 0 Å². The zero-order chi connectivity index (χ0) is 12.3. The molecule has 0 unspecified atom stereocenters. The molecule has 0 saturated heterocycles. The third-order valence-electron chi connectivity index (χ3n) is 2.35. The fourth-order valence-corrected chi connectivity index (χ4v) is 2.27. The Morgan fingerprint density at radius 3 is 2.82 bits per heavy atom. The standard InChI is InChI=1S/C12H17N3OS/c1-4-9-5-6-10(17-9)12-15-14-11(16-12)7-13-8(2)3/h5-6,8,13H,4,7H2,1-3H3. The predicted octanol–water partition coefficient (Wildman–Crippen LogP) is 2.86. The zero-order valence-electron chi connectivity index (χ0n) is 10.4. The van der Waals surface area contributed by atoms with Crippen LogP contribution in [0.25, 0.3) is 10.8 Å². The smallest absolute Gasteiger partial charge is 0.257 e. The molecule has 5 heteroatoms. The normalized spacial score (nSPS) is 11.3. The Hall–Kier alpha value is -1.20. The highest BCUT2D eigenvalue weighted by atomic mass is 32.1. The van der Waals surface area contributed by atoms with Crippen LogP contribution in [0.3, 0.4) is 0 Å². The highest BCUT2D eigenvalue weighted by Crippen LogP contribution is 2.27. The van der Waals surface area contributed by atoms with Gasteiger partial charge >= 0.3 is 0 Å². The van der Waals surface area contributed by atoms with Crippen LogP contribution in [-0.4, -0.2) is 16.2 Å². The van der Waals surface area contributed by atoms with Crippen molar-refractivity contribution in [2.75, 3.05) is 0 Å². The number of aryl methyl sites for hydroxylation is 1. The summed E-state index contributed by atoms with van der Waals surface area (Å²) in [6.07, 6.45) is 1.04. The van der Waals surface area contributed by atoms with Crippen molar-refractivity contribution in [3.63, 3.8) is 0 Å². The molecule has 2 rings (SSSR count). The fourth-order valence-electron chi connectivity index (χ4n) is 1.40. The van der Waals surface area contributed by atoms with E-state index < -0.39 is 0 Å². The topological polar surface area (TPSA) is 51.0 Å². The maximum atomic E-state index is 5.60. The van der Waals surface area contributed by atoms with Gasteiger partial charge in [-0.1, -0.05) is 20.8 Å². The average Bonchev–Trinajstić information content (AvgIpc) is 2.94. The van der Waals surface area contributed by atoms with Gasteiger partial charge in [-0.3, -0.25) is 0 Å². The van der Waals surface area contributed by atoms with E-state index in [0.717, 1.165) is 11.3 Å². The van der Waals surface area contributed by atoms with Crippen LogP contribution in [0.15, 0.2) is 16.5 Å². The van der Waals surface area contributed by atoms with Gasteiger partial charge in [-0.2, -0.15) is 0 Å². The minimum absolute atomic E-state index is 0.416. The van der Waals surface area contributed by atoms with E-state index >= 15 is 0 Å². The van der Waals surface area contributed by atoms with Gasteiger partial charge in [-0.05, 0) is 18.6 Å². The van der Waals surface area contributed by atoms with Gasteiger partial charge in [0.2, 0.25) is 5.89 Å². The number of rotatable bonds is 5. The minimum Gasteiger partial charge on any atom is -0.419 e. The molecule has 0 amide bonds. The Bertz CT molecular complexity index is 476. The molecule has 0 aliphatic carbocycles. The Balaban J connectivity index is 2.07. The van der Waals surface area contributed by atoms with E-state index in [1.54, 1.807) is 11.3 Å². The fraction of sp³-hybridized carbons (Fsp3) is 0.500. The molecule has 17 heavy (non-hydrogen) atoms. The van der Waals surface area contributed by atoms with Crippen LogP contribution in [0.1, 0.15) is 31.5 Å². The van der Waals surface area contributed by atoms with E-state index in [2.05, 4.69) is 42.4 Å². The summed E-state index contributed by atoms with van der Waals surface area (Å²) in [5.74, 6) is 1.26. The summed E-state index contributed by atoms with van der Waals surface area (Å²) in [4.78, 5) is 2.38.